The normalized spacial score (nSPS) is 10.3. The monoisotopic (exact) mass is 285 g/mol. The molecule has 0 spiro atoms. The van der Waals surface area contributed by atoms with Crippen LogP contribution < -0.4 is 10.6 Å². The molecule has 0 aliphatic heterocycles. The number of pyridine rings is 1. The Morgan fingerprint density at radius 2 is 1.95 bits per heavy atom. The minimum atomic E-state index is -0.511. The molecule has 0 saturated carbocycles. The standard InChI is InChI=1S/C16H19N3O2/c1-11(2)13-6-4-5-7-14(13)19-15-9-8-12(10-17-15)18-16(20)21-3/h4-11H,1-3H3,(H,17,19)(H,18,20). The molecule has 5 nitrogen and oxygen atoms in total. The molecule has 1 amide bonds. The Kier molecular flexibility index (Phi) is 4.77. The lowest BCUT2D eigenvalue weighted by atomic mass is 10.0. The van der Waals surface area contributed by atoms with Crippen LogP contribution in [0.4, 0.5) is 22.0 Å². The lowest BCUT2D eigenvalue weighted by molar-refractivity contribution is 0.187. The summed E-state index contributed by atoms with van der Waals surface area (Å²) in [5.41, 5.74) is 2.86. The molecule has 0 bridgehead atoms. The number of ether oxygens (including phenoxy) is 1. The lowest BCUT2D eigenvalue weighted by Crippen LogP contribution is -2.11. The molecule has 5 heteroatoms. The lowest BCUT2D eigenvalue weighted by Gasteiger charge is -2.14. The molecule has 110 valence electrons. The van der Waals surface area contributed by atoms with Crippen molar-refractivity contribution in [3.05, 3.63) is 48.2 Å². The van der Waals surface area contributed by atoms with Crippen LogP contribution in [0.1, 0.15) is 25.3 Å². The molecule has 2 N–H and O–H groups in total. The third-order valence-corrected chi connectivity index (χ3v) is 3.04. The van der Waals surface area contributed by atoms with Gasteiger partial charge in [0.15, 0.2) is 0 Å². The Bertz CT molecular complexity index is 609. The quantitative estimate of drug-likeness (QED) is 0.886. The summed E-state index contributed by atoms with van der Waals surface area (Å²) in [5.74, 6) is 1.15. The Morgan fingerprint density at radius 1 is 1.19 bits per heavy atom. The van der Waals surface area contributed by atoms with E-state index < -0.39 is 6.09 Å². The number of hydrogen-bond acceptors (Lipinski definition) is 4. The number of amides is 1. The van der Waals surface area contributed by atoms with Crippen LogP contribution in [0.25, 0.3) is 0 Å². The van der Waals surface area contributed by atoms with Gasteiger partial charge in [-0.3, -0.25) is 5.32 Å². The highest BCUT2D eigenvalue weighted by Gasteiger charge is 2.07. The van der Waals surface area contributed by atoms with Crippen molar-refractivity contribution >= 4 is 23.3 Å². The summed E-state index contributed by atoms with van der Waals surface area (Å²) in [7, 11) is 1.32. The van der Waals surface area contributed by atoms with E-state index in [-0.39, 0.29) is 0 Å². The first-order chi connectivity index (χ1) is 10.1. The van der Waals surface area contributed by atoms with E-state index in [2.05, 4.69) is 40.3 Å². The summed E-state index contributed by atoms with van der Waals surface area (Å²) in [6.07, 6.45) is 1.07. The van der Waals surface area contributed by atoms with Crippen LogP contribution >= 0.6 is 0 Å². The van der Waals surface area contributed by atoms with E-state index in [0.29, 0.717) is 11.6 Å². The zero-order chi connectivity index (χ0) is 15.2. The Hall–Kier alpha value is -2.56. The van der Waals surface area contributed by atoms with Gasteiger partial charge in [0.2, 0.25) is 0 Å². The van der Waals surface area contributed by atoms with Crippen molar-refractivity contribution < 1.29 is 9.53 Å². The molecule has 1 aromatic heterocycles. The number of methoxy groups -OCH3 is 1. The smallest absolute Gasteiger partial charge is 0.411 e. The maximum Gasteiger partial charge on any atom is 0.411 e. The predicted octanol–water partition coefficient (Wildman–Crippen LogP) is 4.13. The largest absolute Gasteiger partial charge is 0.453 e. The molecule has 0 aliphatic carbocycles. The van der Waals surface area contributed by atoms with Crippen molar-refractivity contribution in [1.29, 1.82) is 0 Å². The number of carbonyl (C=O) groups is 1. The number of rotatable bonds is 4. The predicted molar refractivity (Wildman–Crippen MR) is 84.1 cm³/mol. The summed E-state index contributed by atoms with van der Waals surface area (Å²) in [6, 6.07) is 11.7. The number of nitrogens with zero attached hydrogens (tertiary/aromatic N) is 1. The van der Waals surface area contributed by atoms with E-state index in [1.54, 1.807) is 12.3 Å². The summed E-state index contributed by atoms with van der Waals surface area (Å²) >= 11 is 0. The second-order valence-corrected chi connectivity index (χ2v) is 4.92. The minimum absolute atomic E-state index is 0.425. The second-order valence-electron chi connectivity index (χ2n) is 4.92. The highest BCUT2D eigenvalue weighted by Crippen LogP contribution is 2.26. The van der Waals surface area contributed by atoms with Gasteiger partial charge in [0.05, 0.1) is 19.0 Å². The number of para-hydroxylation sites is 1. The van der Waals surface area contributed by atoms with Crippen LogP contribution in [0.15, 0.2) is 42.6 Å². The Labute approximate surface area is 124 Å². The van der Waals surface area contributed by atoms with Crippen LogP contribution in [-0.4, -0.2) is 18.2 Å². The summed E-state index contributed by atoms with van der Waals surface area (Å²) in [4.78, 5) is 15.4. The van der Waals surface area contributed by atoms with Crippen molar-refractivity contribution in [2.75, 3.05) is 17.7 Å². The number of nitrogens with one attached hydrogen (secondary N) is 2. The number of carbonyl (C=O) groups excluding carboxylic acids is 1. The van der Waals surface area contributed by atoms with E-state index in [4.69, 9.17) is 0 Å². The number of anilines is 3. The van der Waals surface area contributed by atoms with Gasteiger partial charge >= 0.3 is 6.09 Å². The van der Waals surface area contributed by atoms with Crippen molar-refractivity contribution in [3.8, 4) is 0 Å². The number of hydrogen-bond donors (Lipinski definition) is 2. The van der Waals surface area contributed by atoms with Gasteiger partial charge in [0.1, 0.15) is 5.82 Å². The second kappa shape index (κ2) is 6.74. The van der Waals surface area contributed by atoms with Gasteiger partial charge in [-0.05, 0) is 29.7 Å². The number of benzene rings is 1. The highest BCUT2D eigenvalue weighted by atomic mass is 16.5. The minimum Gasteiger partial charge on any atom is -0.453 e. The fourth-order valence-electron chi connectivity index (χ4n) is 1.96. The molecule has 1 heterocycles. The van der Waals surface area contributed by atoms with Crippen molar-refractivity contribution in [3.63, 3.8) is 0 Å². The first kappa shape index (κ1) is 14.8. The summed E-state index contributed by atoms with van der Waals surface area (Å²) in [6.45, 7) is 4.30. The maximum atomic E-state index is 11.1. The van der Waals surface area contributed by atoms with E-state index in [1.165, 1.54) is 12.7 Å². The fraction of sp³-hybridized carbons (Fsp3) is 0.250. The molecule has 0 saturated heterocycles. The molecule has 0 atom stereocenters. The van der Waals surface area contributed by atoms with Crippen LogP contribution in [0.5, 0.6) is 0 Å². The molecule has 0 aliphatic rings. The first-order valence-electron chi connectivity index (χ1n) is 6.77. The topological polar surface area (TPSA) is 63.2 Å². The fourth-order valence-corrected chi connectivity index (χ4v) is 1.96. The molecule has 0 unspecified atom stereocenters. The molecule has 0 radical (unpaired) electrons. The molecule has 21 heavy (non-hydrogen) atoms. The van der Waals surface area contributed by atoms with E-state index in [0.717, 1.165) is 11.5 Å². The molecule has 0 fully saturated rings. The third kappa shape index (κ3) is 3.95. The summed E-state index contributed by atoms with van der Waals surface area (Å²) in [5, 5.41) is 5.85. The van der Waals surface area contributed by atoms with Gasteiger partial charge in [0.25, 0.3) is 0 Å². The van der Waals surface area contributed by atoms with Crippen LogP contribution in [0.2, 0.25) is 0 Å². The Balaban J connectivity index is 2.12. The Morgan fingerprint density at radius 3 is 2.57 bits per heavy atom. The van der Waals surface area contributed by atoms with E-state index in [1.807, 2.05) is 24.3 Å². The van der Waals surface area contributed by atoms with Crippen molar-refractivity contribution in [1.82, 2.24) is 4.98 Å². The molecular weight excluding hydrogens is 266 g/mol. The van der Waals surface area contributed by atoms with Crippen LogP contribution in [0.3, 0.4) is 0 Å². The van der Waals surface area contributed by atoms with Crippen molar-refractivity contribution in [2.24, 2.45) is 0 Å². The SMILES string of the molecule is COC(=O)Nc1ccc(Nc2ccccc2C(C)C)nc1. The molecule has 2 aromatic rings. The average Bonchev–Trinajstić information content (AvgIpc) is 2.49. The zero-order valence-corrected chi connectivity index (χ0v) is 12.4. The van der Waals surface area contributed by atoms with Crippen LogP contribution in [0, 0.1) is 0 Å². The third-order valence-electron chi connectivity index (χ3n) is 3.04. The van der Waals surface area contributed by atoms with E-state index >= 15 is 0 Å². The van der Waals surface area contributed by atoms with Gasteiger partial charge < -0.3 is 10.1 Å². The molecular formula is C16H19N3O2. The van der Waals surface area contributed by atoms with Gasteiger partial charge in [-0.1, -0.05) is 32.0 Å². The number of aromatic nitrogens is 1. The molecule has 2 rings (SSSR count). The van der Waals surface area contributed by atoms with Gasteiger partial charge in [-0.2, -0.15) is 0 Å². The summed E-state index contributed by atoms with van der Waals surface area (Å²) < 4.78 is 4.53. The van der Waals surface area contributed by atoms with Crippen LogP contribution in [-0.2, 0) is 4.74 Å². The first-order valence-corrected chi connectivity index (χ1v) is 6.77. The highest BCUT2D eigenvalue weighted by molar-refractivity contribution is 5.84. The molecule has 1 aromatic carbocycles. The van der Waals surface area contributed by atoms with E-state index in [9.17, 15) is 4.79 Å². The van der Waals surface area contributed by atoms with Gasteiger partial charge in [0, 0.05) is 5.69 Å². The zero-order valence-electron chi connectivity index (χ0n) is 12.4. The van der Waals surface area contributed by atoms with Gasteiger partial charge in [-0.25, -0.2) is 9.78 Å². The van der Waals surface area contributed by atoms with Crippen molar-refractivity contribution in [2.45, 2.75) is 19.8 Å². The maximum absolute atomic E-state index is 11.1. The van der Waals surface area contributed by atoms with Gasteiger partial charge in [-0.15, -0.1) is 0 Å². The average molecular weight is 285 g/mol.